The molecule has 2 unspecified atom stereocenters. The van der Waals surface area contributed by atoms with Crippen LogP contribution >= 0.6 is 0 Å². The van der Waals surface area contributed by atoms with Crippen molar-refractivity contribution in [3.63, 3.8) is 0 Å². The predicted molar refractivity (Wildman–Crippen MR) is 122 cm³/mol. The Morgan fingerprint density at radius 1 is 0.966 bits per heavy atom. The lowest BCUT2D eigenvalue weighted by atomic mass is 9.71. The molecule has 4 aliphatic carbocycles. The van der Waals surface area contributed by atoms with E-state index in [2.05, 4.69) is 73.5 Å². The topological polar surface area (TPSA) is 3.24 Å². The number of hydrogen-bond acceptors (Lipinski definition) is 1. The van der Waals surface area contributed by atoms with Crippen LogP contribution in [0, 0.1) is 0 Å². The van der Waals surface area contributed by atoms with Crippen LogP contribution in [0.4, 0.5) is 0 Å². The lowest BCUT2D eigenvalue weighted by Gasteiger charge is -2.38. The molecule has 2 atom stereocenters. The van der Waals surface area contributed by atoms with Gasteiger partial charge in [0.1, 0.15) is 0 Å². The van der Waals surface area contributed by atoms with Gasteiger partial charge in [-0.3, -0.25) is 0 Å². The van der Waals surface area contributed by atoms with Gasteiger partial charge in [-0.1, -0.05) is 60.2 Å². The van der Waals surface area contributed by atoms with E-state index < -0.39 is 0 Å². The summed E-state index contributed by atoms with van der Waals surface area (Å²) in [6, 6.07) is 14.7. The summed E-state index contributed by atoms with van der Waals surface area (Å²) in [6.45, 7) is 2.28. The van der Waals surface area contributed by atoms with E-state index in [1.165, 1.54) is 35.6 Å². The average molecular weight is 380 g/mol. The standard InChI is InChI=1S/C28H29N/c1-18-12-14-20(15-13-18)29(2)26-17-16-24-22-9-4-7-19-6-3-8-21(27(19)22)23-10-5-11-25(26)28(23)24/h3-7,9-12,20-21H,8,13-17H2,1-2H3. The summed E-state index contributed by atoms with van der Waals surface area (Å²) in [6.07, 6.45) is 14.3. The van der Waals surface area contributed by atoms with E-state index in [-0.39, 0.29) is 0 Å². The second-order valence-corrected chi connectivity index (χ2v) is 9.28. The average Bonchev–Trinajstić information content (AvgIpc) is 2.77. The quantitative estimate of drug-likeness (QED) is 0.658. The van der Waals surface area contributed by atoms with Crippen molar-refractivity contribution in [3.8, 4) is 0 Å². The third kappa shape index (κ3) is 2.53. The number of fused-ring (bicyclic) bond motifs is 2. The molecular weight excluding hydrogens is 350 g/mol. The van der Waals surface area contributed by atoms with Crippen LogP contribution in [0.15, 0.2) is 54.1 Å². The fraction of sp³-hybridized carbons (Fsp3) is 0.357. The molecule has 0 spiro atoms. The third-order valence-electron chi connectivity index (χ3n) is 7.76. The molecule has 2 aromatic carbocycles. The van der Waals surface area contributed by atoms with E-state index in [1.807, 2.05) is 0 Å². The maximum atomic E-state index is 2.63. The van der Waals surface area contributed by atoms with Crippen LogP contribution in [0.2, 0.25) is 0 Å². The molecule has 0 heterocycles. The largest absolute Gasteiger partial charge is 0.374 e. The van der Waals surface area contributed by atoms with E-state index in [0.29, 0.717) is 12.0 Å². The zero-order valence-corrected chi connectivity index (χ0v) is 17.5. The Balaban J connectivity index is 1.59. The van der Waals surface area contributed by atoms with E-state index in [0.717, 1.165) is 19.3 Å². The Morgan fingerprint density at radius 2 is 1.86 bits per heavy atom. The molecule has 0 fully saturated rings. The number of hydrogen-bond donors (Lipinski definition) is 0. The van der Waals surface area contributed by atoms with Gasteiger partial charge in [-0.15, -0.1) is 0 Å². The molecule has 0 aliphatic heterocycles. The first-order chi connectivity index (χ1) is 14.2. The Hall–Kier alpha value is -2.54. The van der Waals surface area contributed by atoms with Crippen molar-refractivity contribution in [2.24, 2.45) is 0 Å². The Labute approximate surface area is 173 Å². The normalized spacial score (nSPS) is 24.0. The van der Waals surface area contributed by atoms with Gasteiger partial charge in [-0.05, 0) is 78.5 Å². The van der Waals surface area contributed by atoms with Gasteiger partial charge in [0, 0.05) is 29.9 Å². The molecule has 0 amide bonds. The number of rotatable bonds is 2. The Bertz CT molecular complexity index is 1190. The number of nitrogens with zero attached hydrogens (tertiary/aromatic N) is 1. The van der Waals surface area contributed by atoms with E-state index in [9.17, 15) is 0 Å². The molecule has 6 rings (SSSR count). The highest BCUT2D eigenvalue weighted by Crippen LogP contribution is 2.42. The summed E-state index contributed by atoms with van der Waals surface area (Å²) in [7, 11) is 2.34. The predicted octanol–water partition coefficient (Wildman–Crippen LogP) is 5.08. The molecular formula is C28H29N. The first-order valence-electron chi connectivity index (χ1n) is 11.3. The van der Waals surface area contributed by atoms with Gasteiger partial charge in [0.05, 0.1) is 0 Å². The van der Waals surface area contributed by atoms with Crippen LogP contribution in [-0.2, 0) is 0 Å². The minimum absolute atomic E-state index is 0.523. The maximum Gasteiger partial charge on any atom is 0.0321 e. The summed E-state index contributed by atoms with van der Waals surface area (Å²) >= 11 is 0. The summed E-state index contributed by atoms with van der Waals surface area (Å²) in [5.74, 6) is 0.523. The van der Waals surface area contributed by atoms with Crippen LogP contribution in [0.1, 0.15) is 73.6 Å². The molecule has 0 saturated heterocycles. The Morgan fingerprint density at radius 3 is 2.72 bits per heavy atom. The highest BCUT2D eigenvalue weighted by Gasteiger charge is 2.31. The minimum Gasteiger partial charge on any atom is -0.374 e. The third-order valence-corrected chi connectivity index (χ3v) is 7.76. The molecule has 0 saturated carbocycles. The second kappa shape index (κ2) is 6.49. The molecule has 146 valence electrons. The summed E-state index contributed by atoms with van der Waals surface area (Å²) < 4.78 is 0. The smallest absolute Gasteiger partial charge is 0.0321 e. The minimum atomic E-state index is 0.523. The zero-order chi connectivity index (χ0) is 19.5. The molecule has 1 heteroatoms. The first kappa shape index (κ1) is 17.3. The van der Waals surface area contributed by atoms with Crippen molar-refractivity contribution in [2.75, 3.05) is 7.05 Å². The molecule has 0 N–H and O–H groups in total. The van der Waals surface area contributed by atoms with Crippen molar-refractivity contribution in [1.82, 2.24) is 4.90 Å². The van der Waals surface area contributed by atoms with Crippen molar-refractivity contribution < 1.29 is 0 Å². The number of benzene rings is 2. The molecule has 0 aromatic heterocycles. The summed E-state index contributed by atoms with van der Waals surface area (Å²) in [4.78, 5) is 2.63. The molecule has 29 heavy (non-hydrogen) atoms. The van der Waals surface area contributed by atoms with Crippen LogP contribution in [-0.4, -0.2) is 18.0 Å². The van der Waals surface area contributed by atoms with Gasteiger partial charge >= 0.3 is 0 Å². The van der Waals surface area contributed by atoms with Crippen LogP contribution < -0.4 is 10.4 Å². The monoisotopic (exact) mass is 379 g/mol. The Kier molecular flexibility index (Phi) is 3.88. The van der Waals surface area contributed by atoms with Gasteiger partial charge in [0.2, 0.25) is 0 Å². The number of allylic oxidation sites excluding steroid dienone is 2. The van der Waals surface area contributed by atoms with E-state index >= 15 is 0 Å². The van der Waals surface area contributed by atoms with E-state index in [1.54, 1.807) is 33.2 Å². The fourth-order valence-electron chi connectivity index (χ4n) is 6.21. The van der Waals surface area contributed by atoms with Gasteiger partial charge in [0.25, 0.3) is 0 Å². The molecule has 4 aliphatic rings. The maximum absolute atomic E-state index is 2.63. The lowest BCUT2D eigenvalue weighted by molar-refractivity contribution is 0.310. The molecule has 0 radical (unpaired) electrons. The highest BCUT2D eigenvalue weighted by molar-refractivity contribution is 5.80. The van der Waals surface area contributed by atoms with Crippen LogP contribution in [0.25, 0.3) is 17.3 Å². The van der Waals surface area contributed by atoms with Gasteiger partial charge in [-0.25, -0.2) is 0 Å². The van der Waals surface area contributed by atoms with Gasteiger partial charge in [0.15, 0.2) is 0 Å². The van der Waals surface area contributed by atoms with Crippen LogP contribution in [0.5, 0.6) is 0 Å². The fourth-order valence-corrected chi connectivity index (χ4v) is 6.21. The summed E-state index contributed by atoms with van der Waals surface area (Å²) in [5.41, 5.74) is 10.8. The van der Waals surface area contributed by atoms with Gasteiger partial charge < -0.3 is 4.90 Å². The van der Waals surface area contributed by atoms with Crippen LogP contribution in [0.3, 0.4) is 0 Å². The van der Waals surface area contributed by atoms with Crippen molar-refractivity contribution in [2.45, 2.75) is 57.4 Å². The van der Waals surface area contributed by atoms with Crippen molar-refractivity contribution in [1.29, 1.82) is 0 Å². The molecule has 1 nitrogen and oxygen atoms in total. The SMILES string of the molecule is CC1=CCC(N(C)C2=c3cccc4c3=C(CC2)c2cccc3c2C4CC=C3)CC1. The molecule has 2 aromatic rings. The van der Waals surface area contributed by atoms with Crippen molar-refractivity contribution in [3.05, 3.63) is 86.8 Å². The van der Waals surface area contributed by atoms with Gasteiger partial charge in [-0.2, -0.15) is 0 Å². The lowest BCUT2D eigenvalue weighted by Crippen LogP contribution is -2.44. The second-order valence-electron chi connectivity index (χ2n) is 9.28. The summed E-state index contributed by atoms with van der Waals surface area (Å²) in [5, 5.41) is 3.07. The highest BCUT2D eigenvalue weighted by atomic mass is 15.1. The zero-order valence-electron chi connectivity index (χ0n) is 17.5. The molecule has 0 bridgehead atoms. The van der Waals surface area contributed by atoms with E-state index in [4.69, 9.17) is 0 Å². The van der Waals surface area contributed by atoms with Crippen molar-refractivity contribution >= 4 is 17.3 Å². The first-order valence-corrected chi connectivity index (χ1v) is 11.3.